The molecule has 1 aromatic heterocycles. The van der Waals surface area contributed by atoms with Gasteiger partial charge in [-0.05, 0) is 12.1 Å². The van der Waals surface area contributed by atoms with Gasteiger partial charge < -0.3 is 16.0 Å². The van der Waals surface area contributed by atoms with Crippen molar-refractivity contribution in [2.45, 2.75) is 24.9 Å². The molecule has 0 fully saturated rings. The molecule has 0 spiro atoms. The average Bonchev–Trinajstić information content (AvgIpc) is 3.32. The summed E-state index contributed by atoms with van der Waals surface area (Å²) < 4.78 is 0. The molecule has 0 unspecified atom stereocenters. The Morgan fingerprint density at radius 1 is 1.39 bits per heavy atom. The molecule has 0 saturated carbocycles. The molecule has 3 rings (SSSR count). The van der Waals surface area contributed by atoms with Crippen LogP contribution in [0.15, 0.2) is 22.4 Å². The molecule has 3 N–H and O–H groups in total. The fourth-order valence-corrected chi connectivity index (χ4v) is 2.31. The van der Waals surface area contributed by atoms with E-state index in [4.69, 9.17) is 6.42 Å². The van der Waals surface area contributed by atoms with Gasteiger partial charge in [-0.1, -0.05) is 0 Å². The fraction of sp³-hybridized carbons (Fsp3) is 0.400. The Bertz CT molecular complexity index is 715. The van der Waals surface area contributed by atoms with Crippen LogP contribution in [0.3, 0.4) is 0 Å². The minimum Gasteiger partial charge on any atom is -0.359 e. The van der Waals surface area contributed by atoms with Crippen LogP contribution in [-0.4, -0.2) is 35.6 Å². The lowest BCUT2D eigenvalue weighted by atomic mass is 10.0. The van der Waals surface area contributed by atoms with Gasteiger partial charge in [0, 0.05) is 25.8 Å². The number of nitrogens with zero attached hydrogens (tertiary/aromatic N) is 3. The number of hydrogen-bond acceptors (Lipinski definition) is 6. The first kappa shape index (κ1) is 15.0. The molecule has 118 valence electrons. The van der Waals surface area contributed by atoms with Crippen molar-refractivity contribution in [1.82, 2.24) is 10.3 Å². The van der Waals surface area contributed by atoms with Crippen LogP contribution in [-0.2, 0) is 4.79 Å². The number of carbonyl (C=O) groups excluding carboxylic acids is 2. The highest BCUT2D eigenvalue weighted by molar-refractivity contribution is 6.01. The lowest BCUT2D eigenvalue weighted by Gasteiger charge is -2.18. The van der Waals surface area contributed by atoms with Crippen molar-refractivity contribution in [3.63, 3.8) is 0 Å². The summed E-state index contributed by atoms with van der Waals surface area (Å²) in [4.78, 5) is 27.6. The third-order valence-corrected chi connectivity index (χ3v) is 3.68. The Kier molecular flexibility index (Phi) is 3.93. The van der Waals surface area contributed by atoms with Gasteiger partial charge in [0.15, 0.2) is 11.5 Å². The molecule has 1 aromatic rings. The highest BCUT2D eigenvalue weighted by Crippen LogP contribution is 2.36. The van der Waals surface area contributed by atoms with E-state index in [-0.39, 0.29) is 24.1 Å². The zero-order chi connectivity index (χ0) is 16.3. The predicted molar refractivity (Wildman–Crippen MR) is 84.0 cm³/mol. The number of hydrogen-bond donors (Lipinski definition) is 3. The normalized spacial score (nSPS) is 16.6. The van der Waals surface area contributed by atoms with Crippen LogP contribution in [0.5, 0.6) is 0 Å². The largest absolute Gasteiger partial charge is 0.359 e. The summed E-state index contributed by atoms with van der Waals surface area (Å²) in [5, 5.41) is 16.4. The van der Waals surface area contributed by atoms with Crippen molar-refractivity contribution in [1.29, 1.82) is 0 Å². The van der Waals surface area contributed by atoms with E-state index < -0.39 is 5.66 Å². The molecule has 23 heavy (non-hydrogen) atoms. The van der Waals surface area contributed by atoms with Gasteiger partial charge in [0.1, 0.15) is 5.69 Å². The molecule has 2 aliphatic heterocycles. The molecule has 2 aliphatic rings. The third-order valence-electron chi connectivity index (χ3n) is 3.68. The lowest BCUT2D eigenvalue weighted by Crippen LogP contribution is -2.31. The fourth-order valence-electron chi connectivity index (χ4n) is 2.31. The number of terminal acetylenes is 1. The van der Waals surface area contributed by atoms with Crippen molar-refractivity contribution in [2.24, 2.45) is 10.2 Å². The van der Waals surface area contributed by atoms with Gasteiger partial charge in [0.25, 0.3) is 5.91 Å². The van der Waals surface area contributed by atoms with E-state index in [2.05, 4.69) is 37.1 Å². The standard InChI is InChI=1S/C15H16N6O2/c1-2-3-6-15(20-21-15)7-8-16-14(23)11-5-4-10-13(19-11)17-9-12(22)18-10/h1,4-5H,3,6-9H2,(H,16,23)(H,17,19)(H,18,22). The predicted octanol–water partition coefficient (Wildman–Crippen LogP) is 1.14. The number of nitrogens with one attached hydrogen (secondary N) is 3. The van der Waals surface area contributed by atoms with E-state index in [0.717, 1.165) is 0 Å². The molecule has 0 atom stereocenters. The zero-order valence-electron chi connectivity index (χ0n) is 12.4. The SMILES string of the molecule is C#CCCC1(CCNC(=O)c2ccc3c(n2)NCC(=O)N3)N=N1. The Balaban J connectivity index is 1.53. The van der Waals surface area contributed by atoms with Crippen LogP contribution < -0.4 is 16.0 Å². The Labute approximate surface area is 133 Å². The molecule has 0 radical (unpaired) electrons. The first-order valence-corrected chi connectivity index (χ1v) is 7.32. The van der Waals surface area contributed by atoms with E-state index in [1.54, 1.807) is 12.1 Å². The van der Waals surface area contributed by atoms with Gasteiger partial charge in [0.05, 0.1) is 12.2 Å². The molecule has 0 aromatic carbocycles. The molecule has 0 bridgehead atoms. The van der Waals surface area contributed by atoms with Gasteiger partial charge in [-0.15, -0.1) is 12.3 Å². The number of rotatable bonds is 6. The summed E-state index contributed by atoms with van der Waals surface area (Å²) >= 11 is 0. The summed E-state index contributed by atoms with van der Waals surface area (Å²) in [6, 6.07) is 3.22. The minimum absolute atomic E-state index is 0.134. The van der Waals surface area contributed by atoms with Crippen LogP contribution in [0, 0.1) is 12.3 Å². The number of amides is 2. The molecule has 2 amide bonds. The quantitative estimate of drug-likeness (QED) is 0.684. The van der Waals surface area contributed by atoms with E-state index in [0.29, 0.717) is 37.3 Å². The number of anilines is 2. The molecular weight excluding hydrogens is 296 g/mol. The van der Waals surface area contributed by atoms with E-state index in [1.165, 1.54) is 0 Å². The first-order valence-electron chi connectivity index (χ1n) is 7.32. The van der Waals surface area contributed by atoms with Crippen LogP contribution in [0.2, 0.25) is 0 Å². The smallest absolute Gasteiger partial charge is 0.269 e. The highest BCUT2D eigenvalue weighted by Gasteiger charge is 2.38. The van der Waals surface area contributed by atoms with E-state index in [1.807, 2.05) is 0 Å². The third kappa shape index (κ3) is 3.45. The maximum absolute atomic E-state index is 12.1. The van der Waals surface area contributed by atoms with Gasteiger partial charge in [-0.2, -0.15) is 10.2 Å². The second-order valence-corrected chi connectivity index (χ2v) is 5.39. The van der Waals surface area contributed by atoms with Gasteiger partial charge >= 0.3 is 0 Å². The van der Waals surface area contributed by atoms with Crippen LogP contribution in [0.4, 0.5) is 11.5 Å². The zero-order valence-corrected chi connectivity index (χ0v) is 12.4. The van der Waals surface area contributed by atoms with E-state index in [9.17, 15) is 9.59 Å². The summed E-state index contributed by atoms with van der Waals surface area (Å²) in [5.74, 6) is 2.65. The van der Waals surface area contributed by atoms with Gasteiger partial charge in [-0.25, -0.2) is 4.98 Å². The summed E-state index contributed by atoms with van der Waals surface area (Å²) in [6.07, 6.45) is 7.19. The second-order valence-electron chi connectivity index (χ2n) is 5.39. The number of pyridine rings is 1. The lowest BCUT2D eigenvalue weighted by molar-refractivity contribution is -0.114. The molecular formula is C15H16N6O2. The summed E-state index contributed by atoms with van der Waals surface area (Å²) in [7, 11) is 0. The van der Waals surface area contributed by atoms with Gasteiger partial charge in [0.2, 0.25) is 5.91 Å². The number of aromatic nitrogens is 1. The van der Waals surface area contributed by atoms with Crippen molar-refractivity contribution in [3.05, 3.63) is 17.8 Å². The second kappa shape index (κ2) is 6.04. The van der Waals surface area contributed by atoms with Crippen molar-refractivity contribution < 1.29 is 9.59 Å². The monoisotopic (exact) mass is 312 g/mol. The Hall–Kier alpha value is -2.95. The average molecular weight is 312 g/mol. The van der Waals surface area contributed by atoms with Crippen molar-refractivity contribution >= 4 is 23.3 Å². The van der Waals surface area contributed by atoms with E-state index >= 15 is 0 Å². The molecule has 0 aliphatic carbocycles. The maximum Gasteiger partial charge on any atom is 0.269 e. The molecule has 3 heterocycles. The molecule has 0 saturated heterocycles. The van der Waals surface area contributed by atoms with Crippen molar-refractivity contribution in [3.8, 4) is 12.3 Å². The van der Waals surface area contributed by atoms with Crippen molar-refractivity contribution in [2.75, 3.05) is 23.7 Å². The van der Waals surface area contributed by atoms with Crippen LogP contribution in [0.1, 0.15) is 29.8 Å². The minimum atomic E-state index is -0.408. The number of fused-ring (bicyclic) bond motifs is 1. The van der Waals surface area contributed by atoms with Crippen LogP contribution >= 0.6 is 0 Å². The molecule has 8 heteroatoms. The summed E-state index contributed by atoms with van der Waals surface area (Å²) in [5.41, 5.74) is 0.450. The Morgan fingerprint density at radius 3 is 2.96 bits per heavy atom. The van der Waals surface area contributed by atoms with Gasteiger partial charge in [-0.3, -0.25) is 9.59 Å². The first-order chi connectivity index (χ1) is 11.1. The van der Waals surface area contributed by atoms with Crippen LogP contribution in [0.25, 0.3) is 0 Å². The molecule has 8 nitrogen and oxygen atoms in total. The number of carbonyl (C=O) groups is 2. The maximum atomic E-state index is 12.1. The highest BCUT2D eigenvalue weighted by atomic mass is 16.2. The summed E-state index contributed by atoms with van der Waals surface area (Å²) in [6.45, 7) is 0.588. The Morgan fingerprint density at radius 2 is 2.22 bits per heavy atom. The topological polar surface area (TPSA) is 108 Å².